The number of carbonyl (C=O) groups excluding carboxylic acids is 1. The summed E-state index contributed by atoms with van der Waals surface area (Å²) in [6.45, 7) is 2.23. The van der Waals surface area contributed by atoms with Crippen LogP contribution < -0.4 is 10.1 Å². The third kappa shape index (κ3) is 3.64. The lowest BCUT2D eigenvalue weighted by Crippen LogP contribution is -2.26. The molecule has 4 nitrogen and oxygen atoms in total. The average Bonchev–Trinajstić information content (AvgIpc) is 2.94. The van der Waals surface area contributed by atoms with Crippen LogP contribution in [0, 0.1) is 5.92 Å². The van der Waals surface area contributed by atoms with Gasteiger partial charge in [-0.1, -0.05) is 24.3 Å². The number of amides is 1. The fourth-order valence-electron chi connectivity index (χ4n) is 2.82. The Labute approximate surface area is 125 Å². The van der Waals surface area contributed by atoms with E-state index in [0.29, 0.717) is 12.5 Å². The zero-order valence-corrected chi connectivity index (χ0v) is 12.1. The Balaban J connectivity index is 1.65. The predicted octanol–water partition coefficient (Wildman–Crippen LogP) is 2.61. The van der Waals surface area contributed by atoms with Gasteiger partial charge in [-0.05, 0) is 31.4 Å². The number of carbonyl (C=O) groups is 1. The van der Waals surface area contributed by atoms with Crippen LogP contribution in [0.4, 0.5) is 0 Å². The van der Waals surface area contributed by atoms with E-state index in [9.17, 15) is 4.79 Å². The second kappa shape index (κ2) is 6.76. The number of nitrogens with one attached hydrogen (secondary N) is 1. The largest absolute Gasteiger partial charge is 0.493 e. The highest BCUT2D eigenvalue weighted by Gasteiger charge is 2.20. The highest BCUT2D eigenvalue weighted by molar-refractivity contribution is 5.87. The summed E-state index contributed by atoms with van der Waals surface area (Å²) in [4.78, 5) is 12.1. The summed E-state index contributed by atoms with van der Waals surface area (Å²) in [6.07, 6.45) is 6.46. The van der Waals surface area contributed by atoms with Gasteiger partial charge in [0.05, 0.1) is 19.3 Å². The number of benzene rings is 1. The average molecular weight is 287 g/mol. The molecule has 0 saturated carbocycles. The Morgan fingerprint density at radius 1 is 1.24 bits per heavy atom. The van der Waals surface area contributed by atoms with Gasteiger partial charge in [0, 0.05) is 18.1 Å². The van der Waals surface area contributed by atoms with Crippen molar-refractivity contribution in [1.29, 1.82) is 0 Å². The van der Waals surface area contributed by atoms with Gasteiger partial charge < -0.3 is 14.8 Å². The van der Waals surface area contributed by atoms with E-state index < -0.39 is 0 Å². The molecule has 112 valence electrons. The number of ether oxygens (including phenoxy) is 2. The molecule has 3 rings (SSSR count). The van der Waals surface area contributed by atoms with Gasteiger partial charge >= 0.3 is 0 Å². The topological polar surface area (TPSA) is 47.6 Å². The van der Waals surface area contributed by atoms with E-state index in [4.69, 9.17) is 9.47 Å². The van der Waals surface area contributed by atoms with Gasteiger partial charge in [-0.15, -0.1) is 0 Å². The zero-order valence-electron chi connectivity index (χ0n) is 12.1. The number of hydrogen-bond acceptors (Lipinski definition) is 3. The van der Waals surface area contributed by atoms with Crippen molar-refractivity contribution in [3.63, 3.8) is 0 Å². The van der Waals surface area contributed by atoms with Gasteiger partial charge in [-0.2, -0.15) is 0 Å². The maximum atomic E-state index is 12.1. The summed E-state index contributed by atoms with van der Waals surface area (Å²) in [5.74, 6) is 1.22. The lowest BCUT2D eigenvalue weighted by molar-refractivity contribution is -0.117. The van der Waals surface area contributed by atoms with Crippen LogP contribution in [0.3, 0.4) is 0 Å². The lowest BCUT2D eigenvalue weighted by atomic mass is 10.0. The molecule has 1 amide bonds. The summed E-state index contributed by atoms with van der Waals surface area (Å²) < 4.78 is 11.0. The Morgan fingerprint density at radius 3 is 3.00 bits per heavy atom. The fraction of sp³-hybridized carbons (Fsp3) is 0.471. The summed E-state index contributed by atoms with van der Waals surface area (Å²) in [5.41, 5.74) is 1.07. The van der Waals surface area contributed by atoms with E-state index in [0.717, 1.165) is 43.8 Å². The fourth-order valence-corrected chi connectivity index (χ4v) is 2.82. The van der Waals surface area contributed by atoms with E-state index in [1.807, 2.05) is 30.3 Å². The van der Waals surface area contributed by atoms with Crippen LogP contribution in [0.1, 0.15) is 30.9 Å². The van der Waals surface area contributed by atoms with Gasteiger partial charge in [-0.25, -0.2) is 0 Å². The molecule has 1 N–H and O–H groups in total. The van der Waals surface area contributed by atoms with Crippen LogP contribution >= 0.6 is 0 Å². The molecule has 1 saturated heterocycles. The van der Waals surface area contributed by atoms with Crippen LogP contribution in [-0.2, 0) is 9.53 Å². The Morgan fingerprint density at radius 2 is 2.14 bits per heavy atom. The molecule has 0 bridgehead atoms. The van der Waals surface area contributed by atoms with Crippen molar-refractivity contribution < 1.29 is 14.3 Å². The number of para-hydroxylation sites is 1. The van der Waals surface area contributed by atoms with Gasteiger partial charge in [0.2, 0.25) is 5.91 Å². The van der Waals surface area contributed by atoms with Crippen molar-refractivity contribution in [1.82, 2.24) is 5.32 Å². The van der Waals surface area contributed by atoms with E-state index in [1.165, 1.54) is 0 Å². The first-order valence-corrected chi connectivity index (χ1v) is 7.61. The molecule has 2 aliphatic rings. The number of rotatable bonds is 3. The summed E-state index contributed by atoms with van der Waals surface area (Å²) in [6, 6.07) is 7.97. The molecule has 2 heterocycles. The summed E-state index contributed by atoms with van der Waals surface area (Å²) in [7, 11) is 0. The molecule has 2 unspecified atom stereocenters. The summed E-state index contributed by atoms with van der Waals surface area (Å²) >= 11 is 0. The molecular formula is C17H21NO3. The Bertz CT molecular complexity index is 521. The first-order chi connectivity index (χ1) is 10.3. The molecule has 1 aromatic rings. The minimum absolute atomic E-state index is 0.0284. The van der Waals surface area contributed by atoms with Crippen molar-refractivity contribution >= 4 is 5.91 Å². The maximum Gasteiger partial charge on any atom is 0.244 e. The van der Waals surface area contributed by atoms with Crippen LogP contribution in [0.15, 0.2) is 36.4 Å². The summed E-state index contributed by atoms with van der Waals surface area (Å²) in [5, 5.41) is 3.09. The quantitative estimate of drug-likeness (QED) is 0.869. The molecule has 0 aromatic heterocycles. The number of fused-ring (bicyclic) bond motifs is 1. The second-order valence-corrected chi connectivity index (χ2v) is 5.57. The molecular weight excluding hydrogens is 266 g/mol. The zero-order chi connectivity index (χ0) is 14.5. The minimum Gasteiger partial charge on any atom is -0.493 e. The molecule has 4 heteroatoms. The van der Waals surface area contributed by atoms with Crippen LogP contribution in [0.2, 0.25) is 0 Å². The van der Waals surface area contributed by atoms with E-state index >= 15 is 0 Å². The molecule has 21 heavy (non-hydrogen) atoms. The normalized spacial score (nSPS) is 25.1. The molecule has 2 aliphatic heterocycles. The predicted molar refractivity (Wildman–Crippen MR) is 80.1 cm³/mol. The first kappa shape index (κ1) is 14.1. The first-order valence-electron chi connectivity index (χ1n) is 7.61. The maximum absolute atomic E-state index is 12.1. The minimum atomic E-state index is -0.0383. The third-order valence-electron chi connectivity index (χ3n) is 3.99. The highest BCUT2D eigenvalue weighted by Crippen LogP contribution is 2.31. The molecule has 0 aliphatic carbocycles. The number of hydrogen-bond donors (Lipinski definition) is 1. The van der Waals surface area contributed by atoms with Gasteiger partial charge in [0.1, 0.15) is 5.75 Å². The monoisotopic (exact) mass is 287 g/mol. The Hall–Kier alpha value is -1.81. The molecule has 1 aromatic carbocycles. The standard InChI is InChI=1S/C17H21NO3/c19-17(8-7-13-9-11-20-12-13)18-15-5-3-10-21-16-6-2-1-4-14(15)16/h1-2,4,6-8,13,15H,3,5,9-12H2,(H,18,19)/b8-7+. The van der Waals surface area contributed by atoms with Gasteiger partial charge in [0.25, 0.3) is 0 Å². The van der Waals surface area contributed by atoms with E-state index in [2.05, 4.69) is 5.32 Å². The van der Waals surface area contributed by atoms with Crippen molar-refractivity contribution in [3.8, 4) is 5.75 Å². The SMILES string of the molecule is O=C(/C=C/C1CCOC1)NC1CCCOc2ccccc21. The van der Waals surface area contributed by atoms with Crippen molar-refractivity contribution in [2.75, 3.05) is 19.8 Å². The van der Waals surface area contributed by atoms with E-state index in [1.54, 1.807) is 6.08 Å². The van der Waals surface area contributed by atoms with Crippen LogP contribution in [0.5, 0.6) is 5.75 Å². The molecule has 0 spiro atoms. The van der Waals surface area contributed by atoms with Gasteiger partial charge in [-0.3, -0.25) is 4.79 Å². The second-order valence-electron chi connectivity index (χ2n) is 5.57. The van der Waals surface area contributed by atoms with Crippen molar-refractivity contribution in [3.05, 3.63) is 42.0 Å². The molecule has 2 atom stereocenters. The van der Waals surface area contributed by atoms with Crippen LogP contribution in [0.25, 0.3) is 0 Å². The van der Waals surface area contributed by atoms with Crippen molar-refractivity contribution in [2.45, 2.75) is 25.3 Å². The third-order valence-corrected chi connectivity index (χ3v) is 3.99. The van der Waals surface area contributed by atoms with Crippen LogP contribution in [-0.4, -0.2) is 25.7 Å². The smallest absolute Gasteiger partial charge is 0.244 e. The highest BCUT2D eigenvalue weighted by atomic mass is 16.5. The Kier molecular flexibility index (Phi) is 4.55. The lowest BCUT2D eigenvalue weighted by Gasteiger charge is -2.17. The molecule has 1 fully saturated rings. The van der Waals surface area contributed by atoms with E-state index in [-0.39, 0.29) is 11.9 Å². The molecule has 0 radical (unpaired) electrons. The van der Waals surface area contributed by atoms with Crippen molar-refractivity contribution in [2.24, 2.45) is 5.92 Å². The van der Waals surface area contributed by atoms with Gasteiger partial charge in [0.15, 0.2) is 0 Å².